The first kappa shape index (κ1) is 27.7. The summed E-state index contributed by atoms with van der Waals surface area (Å²) in [5.74, 6) is -2.10. The molecule has 0 aliphatic carbocycles. The Bertz CT molecular complexity index is 851. The van der Waals surface area contributed by atoms with Crippen molar-refractivity contribution in [3.05, 3.63) is 29.8 Å². The number of phenolic OH excluding ortho intramolecular Hbond substituents is 1. The molecule has 0 radical (unpaired) electrons. The number of carbonyl (C=O) groups excluding carboxylic acids is 4. The van der Waals surface area contributed by atoms with Gasteiger partial charge in [-0.15, -0.1) is 0 Å². The van der Waals surface area contributed by atoms with E-state index in [0.29, 0.717) is 6.42 Å². The molecule has 0 bridgehead atoms. The number of phenols is 1. The van der Waals surface area contributed by atoms with Crippen molar-refractivity contribution in [3.8, 4) is 5.75 Å². The first-order chi connectivity index (χ1) is 15.3. The molecule has 3 N–H and O–H groups in total. The fourth-order valence-electron chi connectivity index (χ4n) is 3.03. The van der Waals surface area contributed by atoms with Crippen molar-refractivity contribution >= 4 is 23.9 Å². The van der Waals surface area contributed by atoms with Gasteiger partial charge in [0.1, 0.15) is 30.0 Å². The lowest BCUT2D eigenvalue weighted by Crippen LogP contribution is -2.54. The second kappa shape index (κ2) is 12.1. The second-order valence-corrected chi connectivity index (χ2v) is 8.63. The molecule has 10 heteroatoms. The lowest BCUT2D eigenvalue weighted by molar-refractivity contribution is -0.146. The molecule has 0 spiro atoms. The van der Waals surface area contributed by atoms with Crippen LogP contribution in [0.5, 0.6) is 5.75 Å². The molecule has 3 amide bonds. The molecule has 0 aromatic heterocycles. The predicted molar refractivity (Wildman–Crippen MR) is 121 cm³/mol. The summed E-state index contributed by atoms with van der Waals surface area (Å²) in [6.45, 7) is 9.76. The van der Waals surface area contributed by atoms with Gasteiger partial charge in [-0.2, -0.15) is 0 Å². The number of rotatable bonds is 9. The zero-order valence-corrected chi connectivity index (χ0v) is 20.3. The Morgan fingerprint density at radius 2 is 1.73 bits per heavy atom. The van der Waals surface area contributed by atoms with E-state index >= 15 is 0 Å². The van der Waals surface area contributed by atoms with Crippen molar-refractivity contribution in [2.24, 2.45) is 0 Å². The fraction of sp³-hybridized carbons (Fsp3) is 0.565. The molecular weight excluding hydrogens is 430 g/mol. The highest BCUT2D eigenvalue weighted by molar-refractivity contribution is 5.93. The molecule has 0 fully saturated rings. The molecule has 184 valence electrons. The van der Waals surface area contributed by atoms with Crippen LogP contribution >= 0.6 is 0 Å². The minimum Gasteiger partial charge on any atom is -0.508 e. The van der Waals surface area contributed by atoms with Crippen LogP contribution in [0.4, 0.5) is 4.79 Å². The van der Waals surface area contributed by atoms with Crippen LogP contribution in [0, 0.1) is 0 Å². The van der Waals surface area contributed by atoms with E-state index in [-0.39, 0.29) is 11.3 Å². The fourth-order valence-corrected chi connectivity index (χ4v) is 3.03. The molecule has 1 aromatic rings. The van der Waals surface area contributed by atoms with Crippen molar-refractivity contribution in [3.63, 3.8) is 0 Å². The monoisotopic (exact) mass is 465 g/mol. The summed E-state index contributed by atoms with van der Waals surface area (Å²) in [6, 6.07) is 3.39. The van der Waals surface area contributed by atoms with Crippen LogP contribution in [0.3, 0.4) is 0 Å². The molecule has 10 nitrogen and oxygen atoms in total. The van der Waals surface area contributed by atoms with Crippen molar-refractivity contribution in [2.45, 2.75) is 71.7 Å². The topological polar surface area (TPSA) is 134 Å². The van der Waals surface area contributed by atoms with E-state index in [1.54, 1.807) is 39.8 Å². The Labute approximate surface area is 194 Å². The smallest absolute Gasteiger partial charge is 0.408 e. The molecule has 0 saturated carbocycles. The van der Waals surface area contributed by atoms with E-state index in [1.807, 2.05) is 6.92 Å². The Kier molecular flexibility index (Phi) is 10.2. The van der Waals surface area contributed by atoms with Crippen LogP contribution in [0.15, 0.2) is 24.3 Å². The number of benzene rings is 1. The first-order valence-corrected chi connectivity index (χ1v) is 10.8. The molecule has 0 heterocycles. The number of methoxy groups -OCH3 is 1. The van der Waals surface area contributed by atoms with Gasteiger partial charge in [0.15, 0.2) is 0 Å². The molecule has 33 heavy (non-hydrogen) atoms. The third-order valence-electron chi connectivity index (χ3n) is 4.82. The summed E-state index contributed by atoms with van der Waals surface area (Å²) in [6.07, 6.45) is -0.291. The molecule has 1 aromatic carbocycles. The average Bonchev–Trinajstić information content (AvgIpc) is 2.73. The van der Waals surface area contributed by atoms with E-state index in [9.17, 15) is 24.3 Å². The van der Waals surface area contributed by atoms with E-state index < -0.39 is 54.1 Å². The normalized spacial score (nSPS) is 13.8. The van der Waals surface area contributed by atoms with Gasteiger partial charge >= 0.3 is 12.1 Å². The van der Waals surface area contributed by atoms with Gasteiger partial charge in [0.25, 0.3) is 0 Å². The van der Waals surface area contributed by atoms with Gasteiger partial charge in [-0.25, -0.2) is 4.79 Å². The summed E-state index contributed by atoms with van der Waals surface area (Å²) in [5, 5.41) is 15.4. The lowest BCUT2D eigenvalue weighted by atomic mass is 9.99. The number of hydrogen-bond donors (Lipinski definition) is 3. The molecule has 3 atom stereocenters. The van der Waals surface area contributed by atoms with Crippen LogP contribution in [0.25, 0.3) is 0 Å². The number of aromatic hydroxyl groups is 1. The highest BCUT2D eigenvalue weighted by atomic mass is 16.6. The molecule has 0 saturated heterocycles. The van der Waals surface area contributed by atoms with Gasteiger partial charge in [0.2, 0.25) is 11.8 Å². The van der Waals surface area contributed by atoms with Gasteiger partial charge in [0, 0.05) is 11.6 Å². The number of nitrogens with zero attached hydrogens (tertiary/aromatic N) is 1. The molecular formula is C23H35N3O7. The summed E-state index contributed by atoms with van der Waals surface area (Å²) in [7, 11) is 1.19. The number of esters is 1. The highest BCUT2D eigenvalue weighted by Crippen LogP contribution is 2.31. The Morgan fingerprint density at radius 1 is 1.12 bits per heavy atom. The number of para-hydroxylation sites is 1. The highest BCUT2D eigenvalue weighted by Gasteiger charge is 2.38. The third kappa shape index (κ3) is 8.28. The molecule has 0 aliphatic heterocycles. The number of hydrogen-bond acceptors (Lipinski definition) is 7. The van der Waals surface area contributed by atoms with Gasteiger partial charge in [-0.3, -0.25) is 14.4 Å². The number of carbonyl (C=O) groups is 4. The standard InChI is InChI=1S/C23H35N3O7/c1-8-14(2)26(21(30)15(3)25-22(31)33-23(4,5)6)19(16-11-9-10-12-17(16)27)20(29)24-13-18(28)32-7/h9-12,14-15,19,27H,8,13H2,1-7H3,(H,24,29)(H,25,31). The Balaban J connectivity index is 3.35. The molecule has 0 aliphatic rings. The quantitative estimate of drug-likeness (QED) is 0.476. The maximum Gasteiger partial charge on any atom is 0.408 e. The summed E-state index contributed by atoms with van der Waals surface area (Å²) >= 11 is 0. The van der Waals surface area contributed by atoms with Gasteiger partial charge in [-0.1, -0.05) is 25.1 Å². The maximum atomic E-state index is 13.5. The predicted octanol–water partition coefficient (Wildman–Crippen LogP) is 2.26. The summed E-state index contributed by atoms with van der Waals surface area (Å²) < 4.78 is 9.79. The lowest BCUT2D eigenvalue weighted by Gasteiger charge is -2.37. The van der Waals surface area contributed by atoms with Gasteiger partial charge in [-0.05, 0) is 47.1 Å². The van der Waals surface area contributed by atoms with Crippen molar-refractivity contribution < 1.29 is 33.8 Å². The van der Waals surface area contributed by atoms with Crippen molar-refractivity contribution in [1.29, 1.82) is 0 Å². The number of alkyl carbamates (subject to hydrolysis) is 1. The van der Waals surface area contributed by atoms with E-state index in [2.05, 4.69) is 15.4 Å². The minimum absolute atomic E-state index is 0.179. The summed E-state index contributed by atoms with van der Waals surface area (Å²) in [5.41, 5.74) is -0.576. The zero-order chi connectivity index (χ0) is 25.3. The zero-order valence-electron chi connectivity index (χ0n) is 20.3. The summed E-state index contributed by atoms with van der Waals surface area (Å²) in [4.78, 5) is 51.7. The minimum atomic E-state index is -1.26. The maximum absolute atomic E-state index is 13.5. The van der Waals surface area contributed by atoms with E-state index in [1.165, 1.54) is 31.1 Å². The first-order valence-electron chi connectivity index (χ1n) is 10.8. The van der Waals surface area contributed by atoms with Crippen LogP contribution < -0.4 is 10.6 Å². The average molecular weight is 466 g/mol. The molecule has 3 unspecified atom stereocenters. The number of amides is 3. The largest absolute Gasteiger partial charge is 0.508 e. The van der Waals surface area contributed by atoms with Crippen LogP contribution in [0.2, 0.25) is 0 Å². The van der Waals surface area contributed by atoms with Gasteiger partial charge < -0.3 is 30.1 Å². The molecule has 1 rings (SSSR count). The van der Waals surface area contributed by atoms with Crippen molar-refractivity contribution in [1.82, 2.24) is 15.5 Å². The van der Waals surface area contributed by atoms with Crippen molar-refractivity contribution in [2.75, 3.05) is 13.7 Å². The van der Waals surface area contributed by atoms with E-state index in [4.69, 9.17) is 4.74 Å². The van der Waals surface area contributed by atoms with Crippen LogP contribution in [-0.4, -0.2) is 65.2 Å². The number of ether oxygens (including phenoxy) is 2. The Morgan fingerprint density at radius 3 is 2.24 bits per heavy atom. The third-order valence-corrected chi connectivity index (χ3v) is 4.82. The second-order valence-electron chi connectivity index (χ2n) is 8.63. The van der Waals surface area contributed by atoms with Crippen LogP contribution in [-0.2, 0) is 23.9 Å². The van der Waals surface area contributed by atoms with E-state index in [0.717, 1.165) is 0 Å². The SMILES string of the molecule is CCC(C)N(C(=O)C(C)NC(=O)OC(C)(C)C)C(C(=O)NCC(=O)OC)c1ccccc1O. The number of nitrogens with one attached hydrogen (secondary N) is 2. The Hall–Kier alpha value is -3.30. The van der Waals surface area contributed by atoms with Crippen LogP contribution in [0.1, 0.15) is 59.6 Å². The van der Waals surface area contributed by atoms with Gasteiger partial charge in [0.05, 0.1) is 7.11 Å².